The lowest BCUT2D eigenvalue weighted by molar-refractivity contribution is -0.121. The molecule has 2 N–H and O–H groups in total. The summed E-state index contributed by atoms with van der Waals surface area (Å²) in [6.45, 7) is 3.57. The highest BCUT2D eigenvalue weighted by Gasteiger charge is 2.32. The van der Waals surface area contributed by atoms with Gasteiger partial charge in [0.15, 0.2) is 0 Å². The Morgan fingerprint density at radius 1 is 1.18 bits per heavy atom. The van der Waals surface area contributed by atoms with Gasteiger partial charge in [-0.3, -0.25) is 9.59 Å². The Kier molecular flexibility index (Phi) is 7.78. The number of hydrogen-bond acceptors (Lipinski definition) is 3. The minimum absolute atomic E-state index is 0.0297. The third-order valence-electron chi connectivity index (χ3n) is 5.87. The lowest BCUT2D eigenvalue weighted by atomic mass is 9.69. The molecule has 1 aliphatic carbocycles. The predicted octanol–water partition coefficient (Wildman–Crippen LogP) is 4.13. The molecule has 0 atom stereocenters. The summed E-state index contributed by atoms with van der Waals surface area (Å²) in [5.41, 5.74) is 0.286. The maximum atomic E-state index is 12.4. The van der Waals surface area contributed by atoms with E-state index in [4.69, 9.17) is 0 Å². The van der Waals surface area contributed by atoms with Crippen molar-refractivity contribution >= 4 is 11.8 Å². The molecule has 28 heavy (non-hydrogen) atoms. The molecule has 0 aromatic heterocycles. The van der Waals surface area contributed by atoms with Gasteiger partial charge in [0.1, 0.15) is 5.75 Å². The van der Waals surface area contributed by atoms with Crippen LogP contribution in [0.1, 0.15) is 63.2 Å². The maximum absolute atomic E-state index is 12.4. The van der Waals surface area contributed by atoms with E-state index in [1.54, 1.807) is 6.07 Å². The van der Waals surface area contributed by atoms with E-state index in [9.17, 15) is 18.4 Å². The van der Waals surface area contributed by atoms with E-state index in [0.29, 0.717) is 11.3 Å². The van der Waals surface area contributed by atoms with Crippen LogP contribution < -0.4 is 15.4 Å². The SMILES string of the molecule is CCC(C)(C)C1CCC(NC(=O)CNC(=O)c2ccccc2OC(F)F)CC1. The van der Waals surface area contributed by atoms with Crippen LogP contribution in [0.15, 0.2) is 24.3 Å². The molecule has 1 aromatic rings. The molecule has 0 heterocycles. The summed E-state index contributed by atoms with van der Waals surface area (Å²) in [5.74, 6) is -0.456. The highest BCUT2D eigenvalue weighted by atomic mass is 19.3. The number of halogens is 2. The smallest absolute Gasteiger partial charge is 0.387 e. The van der Waals surface area contributed by atoms with Crippen molar-refractivity contribution in [2.45, 2.75) is 65.5 Å². The van der Waals surface area contributed by atoms with E-state index in [0.717, 1.165) is 32.1 Å². The minimum Gasteiger partial charge on any atom is -0.434 e. The second kappa shape index (κ2) is 9.85. The van der Waals surface area contributed by atoms with Gasteiger partial charge in [0.2, 0.25) is 5.91 Å². The number of carbonyl (C=O) groups excluding carboxylic acids is 2. The first-order chi connectivity index (χ1) is 13.2. The number of benzene rings is 1. The molecule has 0 bridgehead atoms. The van der Waals surface area contributed by atoms with Gasteiger partial charge in [-0.15, -0.1) is 0 Å². The van der Waals surface area contributed by atoms with Crippen LogP contribution in [0.2, 0.25) is 0 Å². The largest absolute Gasteiger partial charge is 0.434 e. The fourth-order valence-corrected chi connectivity index (χ4v) is 3.70. The number of para-hydroxylation sites is 1. The molecule has 156 valence electrons. The average Bonchev–Trinajstić information content (AvgIpc) is 2.66. The lowest BCUT2D eigenvalue weighted by Crippen LogP contribution is -2.44. The van der Waals surface area contributed by atoms with Crippen LogP contribution >= 0.6 is 0 Å². The van der Waals surface area contributed by atoms with Gasteiger partial charge in [-0.2, -0.15) is 8.78 Å². The molecule has 0 spiro atoms. The number of rotatable bonds is 8. The van der Waals surface area contributed by atoms with E-state index in [2.05, 4.69) is 36.1 Å². The zero-order valence-corrected chi connectivity index (χ0v) is 16.8. The Morgan fingerprint density at radius 3 is 2.43 bits per heavy atom. The van der Waals surface area contributed by atoms with Crippen molar-refractivity contribution in [3.63, 3.8) is 0 Å². The normalized spacial score (nSPS) is 19.9. The average molecular weight is 396 g/mol. The summed E-state index contributed by atoms with van der Waals surface area (Å²) in [7, 11) is 0. The number of hydrogen-bond donors (Lipinski definition) is 2. The summed E-state index contributed by atoms with van der Waals surface area (Å²) in [6.07, 6.45) is 5.15. The van der Waals surface area contributed by atoms with Crippen molar-refractivity contribution in [1.29, 1.82) is 0 Å². The molecule has 5 nitrogen and oxygen atoms in total. The molecule has 1 saturated carbocycles. The van der Waals surface area contributed by atoms with E-state index < -0.39 is 12.5 Å². The molecule has 7 heteroatoms. The van der Waals surface area contributed by atoms with Crippen LogP contribution in [-0.2, 0) is 4.79 Å². The monoisotopic (exact) mass is 396 g/mol. The summed E-state index contributed by atoms with van der Waals surface area (Å²) < 4.78 is 29.2. The summed E-state index contributed by atoms with van der Waals surface area (Å²) >= 11 is 0. The van der Waals surface area contributed by atoms with Gasteiger partial charge >= 0.3 is 6.61 Å². The predicted molar refractivity (Wildman–Crippen MR) is 103 cm³/mol. The number of nitrogens with one attached hydrogen (secondary N) is 2. The molecule has 1 fully saturated rings. The topological polar surface area (TPSA) is 67.4 Å². The summed E-state index contributed by atoms with van der Waals surface area (Å²) in [4.78, 5) is 24.4. The first kappa shape index (κ1) is 22.1. The molecule has 1 aliphatic rings. The summed E-state index contributed by atoms with van der Waals surface area (Å²) in [6, 6.07) is 5.82. The van der Waals surface area contributed by atoms with Crippen LogP contribution in [0.5, 0.6) is 5.75 Å². The molecule has 0 aliphatic heterocycles. The zero-order valence-electron chi connectivity index (χ0n) is 16.8. The van der Waals surface area contributed by atoms with Gasteiger partial charge in [0.25, 0.3) is 5.91 Å². The van der Waals surface area contributed by atoms with Gasteiger partial charge in [0, 0.05) is 6.04 Å². The zero-order chi connectivity index (χ0) is 20.7. The van der Waals surface area contributed by atoms with Crippen LogP contribution in [0.25, 0.3) is 0 Å². The Morgan fingerprint density at radius 2 is 1.82 bits per heavy atom. The van der Waals surface area contributed by atoms with Crippen LogP contribution in [0.4, 0.5) is 8.78 Å². The van der Waals surface area contributed by atoms with Crippen LogP contribution in [0, 0.1) is 11.3 Å². The Bertz CT molecular complexity index is 671. The van der Waals surface area contributed by atoms with Gasteiger partial charge in [0.05, 0.1) is 12.1 Å². The lowest BCUT2D eigenvalue weighted by Gasteiger charge is -2.39. The Labute approximate surface area is 165 Å². The molecule has 2 rings (SSSR count). The van der Waals surface area contributed by atoms with Gasteiger partial charge < -0.3 is 15.4 Å². The highest BCUT2D eigenvalue weighted by Crippen LogP contribution is 2.40. The fraction of sp³-hybridized carbons (Fsp3) is 0.619. The van der Waals surface area contributed by atoms with Crippen molar-refractivity contribution in [3.8, 4) is 5.75 Å². The van der Waals surface area contributed by atoms with E-state index >= 15 is 0 Å². The second-order valence-corrected chi connectivity index (χ2v) is 8.02. The summed E-state index contributed by atoms with van der Waals surface area (Å²) in [5, 5.41) is 5.43. The third-order valence-corrected chi connectivity index (χ3v) is 5.87. The van der Waals surface area contributed by atoms with Crippen molar-refractivity contribution in [3.05, 3.63) is 29.8 Å². The molecule has 0 radical (unpaired) electrons. The maximum Gasteiger partial charge on any atom is 0.387 e. The van der Waals surface area contributed by atoms with E-state index in [1.165, 1.54) is 18.2 Å². The standard InChI is InChI=1S/C21H30F2N2O3/c1-4-21(2,3)14-9-11-15(12-10-14)25-18(26)13-24-19(27)16-7-5-6-8-17(16)28-20(22)23/h5-8,14-15,20H,4,9-13H2,1-3H3,(H,24,27)(H,25,26). The molecule has 0 unspecified atom stereocenters. The van der Waals surface area contributed by atoms with Crippen molar-refractivity contribution < 1.29 is 23.1 Å². The second-order valence-electron chi connectivity index (χ2n) is 8.02. The Hall–Kier alpha value is -2.18. The minimum atomic E-state index is -3.02. The van der Waals surface area contributed by atoms with E-state index in [1.807, 2.05) is 0 Å². The van der Waals surface area contributed by atoms with Crippen LogP contribution in [-0.4, -0.2) is 31.0 Å². The van der Waals surface area contributed by atoms with Crippen molar-refractivity contribution in [1.82, 2.24) is 10.6 Å². The number of ether oxygens (including phenoxy) is 1. The number of carbonyl (C=O) groups is 2. The molecule has 0 saturated heterocycles. The van der Waals surface area contributed by atoms with E-state index in [-0.39, 0.29) is 29.8 Å². The first-order valence-electron chi connectivity index (χ1n) is 9.84. The fourth-order valence-electron chi connectivity index (χ4n) is 3.70. The first-order valence-corrected chi connectivity index (χ1v) is 9.84. The molecular weight excluding hydrogens is 366 g/mol. The number of amides is 2. The van der Waals surface area contributed by atoms with Crippen LogP contribution in [0.3, 0.4) is 0 Å². The van der Waals surface area contributed by atoms with Gasteiger partial charge in [-0.1, -0.05) is 39.3 Å². The molecule has 1 aromatic carbocycles. The molecule has 2 amide bonds. The van der Waals surface area contributed by atoms with Crippen molar-refractivity contribution in [2.24, 2.45) is 11.3 Å². The number of alkyl halides is 2. The van der Waals surface area contributed by atoms with Gasteiger partial charge in [-0.05, 0) is 49.1 Å². The Balaban J connectivity index is 1.80. The molecular formula is C21H30F2N2O3. The van der Waals surface area contributed by atoms with Gasteiger partial charge in [-0.25, -0.2) is 0 Å². The van der Waals surface area contributed by atoms with Crippen molar-refractivity contribution in [2.75, 3.05) is 6.54 Å². The highest BCUT2D eigenvalue weighted by molar-refractivity contribution is 5.98. The third kappa shape index (κ3) is 6.17. The quantitative estimate of drug-likeness (QED) is 0.694.